The van der Waals surface area contributed by atoms with Crippen molar-refractivity contribution < 1.29 is 22.3 Å². The second kappa shape index (κ2) is 10.6. The van der Waals surface area contributed by atoms with Crippen LogP contribution in [-0.2, 0) is 23.1 Å². The number of amides is 1. The van der Waals surface area contributed by atoms with Gasteiger partial charge in [0.15, 0.2) is 11.6 Å². The molecule has 3 aromatic rings. The van der Waals surface area contributed by atoms with Gasteiger partial charge in [-0.2, -0.15) is 4.80 Å². The minimum atomic E-state index is -3.24. The van der Waals surface area contributed by atoms with Crippen LogP contribution in [0.3, 0.4) is 0 Å². The Labute approximate surface area is 207 Å². The molecule has 4 rings (SSSR count). The summed E-state index contributed by atoms with van der Waals surface area (Å²) in [6.45, 7) is 2.30. The molecule has 1 fully saturated rings. The lowest BCUT2D eigenvalue weighted by molar-refractivity contribution is 0.0945. The highest BCUT2D eigenvalue weighted by atomic mass is 32.2. The van der Waals surface area contributed by atoms with Gasteiger partial charge in [-0.05, 0) is 61.1 Å². The van der Waals surface area contributed by atoms with Crippen molar-refractivity contribution in [2.45, 2.75) is 45.3 Å². The highest BCUT2D eigenvalue weighted by molar-refractivity contribution is 7.88. The molecular weight excluding hydrogens is 491 g/mol. The number of rotatable bonds is 9. The fourth-order valence-corrected chi connectivity index (χ4v) is 5.01. The Balaban J connectivity index is 1.40. The Morgan fingerprint density at radius 1 is 1.25 bits per heavy atom. The maximum absolute atomic E-state index is 13.6. The van der Waals surface area contributed by atoms with Crippen molar-refractivity contribution in [3.05, 3.63) is 47.2 Å². The normalized spacial score (nSPS) is 17.8. The van der Waals surface area contributed by atoms with Crippen LogP contribution >= 0.6 is 0 Å². The zero-order valence-electron chi connectivity index (χ0n) is 20.1. The van der Waals surface area contributed by atoms with E-state index in [1.807, 2.05) is 0 Å². The van der Waals surface area contributed by atoms with Gasteiger partial charge in [-0.15, -0.1) is 10.2 Å². The van der Waals surface area contributed by atoms with Crippen molar-refractivity contribution in [2.75, 3.05) is 13.4 Å². The molecule has 1 amide bonds. The van der Waals surface area contributed by atoms with Crippen LogP contribution in [0.25, 0.3) is 11.5 Å². The smallest absolute Gasteiger partial charge is 0.270 e. The summed E-state index contributed by atoms with van der Waals surface area (Å²) in [5, 5.41) is 15.3. The number of aromatic nitrogens is 6. The first kappa shape index (κ1) is 25.6. The van der Waals surface area contributed by atoms with Crippen LogP contribution in [0.15, 0.2) is 24.3 Å². The van der Waals surface area contributed by atoms with Crippen LogP contribution in [0.4, 0.5) is 4.39 Å². The maximum atomic E-state index is 13.6. The first-order valence-electron chi connectivity index (χ1n) is 11.3. The highest BCUT2D eigenvalue weighted by Crippen LogP contribution is 2.27. The molecule has 0 unspecified atom stereocenters. The lowest BCUT2D eigenvalue weighted by Crippen LogP contribution is -2.32. The van der Waals surface area contributed by atoms with Gasteiger partial charge < -0.3 is 10.1 Å². The molecule has 12 nitrogen and oxygen atoms in total. The molecule has 2 heterocycles. The van der Waals surface area contributed by atoms with Gasteiger partial charge in [-0.25, -0.2) is 27.5 Å². The van der Waals surface area contributed by atoms with E-state index in [4.69, 9.17) is 4.74 Å². The van der Waals surface area contributed by atoms with Gasteiger partial charge >= 0.3 is 0 Å². The van der Waals surface area contributed by atoms with E-state index in [1.165, 1.54) is 30.1 Å². The second-order valence-corrected chi connectivity index (χ2v) is 10.6. The molecule has 1 saturated carbocycles. The topological polar surface area (TPSA) is 154 Å². The number of hydrogen-bond donors (Lipinski definition) is 2. The number of methoxy groups -OCH3 is 1. The monoisotopic (exact) mass is 518 g/mol. The van der Waals surface area contributed by atoms with Crippen molar-refractivity contribution in [3.63, 3.8) is 0 Å². The summed E-state index contributed by atoms with van der Waals surface area (Å²) >= 11 is 0. The van der Waals surface area contributed by atoms with Crippen molar-refractivity contribution in [3.8, 4) is 17.3 Å². The van der Waals surface area contributed by atoms with Gasteiger partial charge in [0.25, 0.3) is 5.91 Å². The van der Waals surface area contributed by atoms with Gasteiger partial charge in [0.05, 0.1) is 19.9 Å². The molecule has 14 heteroatoms. The Kier molecular flexibility index (Phi) is 7.54. The van der Waals surface area contributed by atoms with E-state index in [2.05, 4.69) is 35.4 Å². The highest BCUT2D eigenvalue weighted by Gasteiger charge is 2.27. The number of nitrogens with one attached hydrogen (secondary N) is 2. The average molecular weight is 519 g/mol. The number of aryl methyl sites for hydroxylation is 1. The zero-order chi connectivity index (χ0) is 25.9. The summed E-state index contributed by atoms with van der Waals surface area (Å²) < 4.78 is 44.1. The van der Waals surface area contributed by atoms with Crippen molar-refractivity contribution in [2.24, 2.45) is 5.92 Å². The molecule has 1 aromatic carbocycles. The molecule has 0 spiro atoms. The summed E-state index contributed by atoms with van der Waals surface area (Å²) in [6.07, 6.45) is 3.46. The summed E-state index contributed by atoms with van der Waals surface area (Å²) in [5.41, 5.74) is 1.15. The number of sulfonamides is 1. The third-order valence-corrected chi connectivity index (χ3v) is 6.53. The van der Waals surface area contributed by atoms with Crippen LogP contribution < -0.4 is 14.8 Å². The average Bonchev–Trinajstić information content (AvgIpc) is 3.46. The predicted octanol–water partition coefficient (Wildman–Crippen LogP) is 1.23. The second-order valence-electron chi connectivity index (χ2n) is 8.77. The maximum Gasteiger partial charge on any atom is 0.270 e. The molecule has 192 valence electrons. The van der Waals surface area contributed by atoms with Crippen molar-refractivity contribution in [1.29, 1.82) is 0 Å². The zero-order valence-corrected chi connectivity index (χ0v) is 20.9. The quantitative estimate of drug-likeness (QED) is 0.426. The molecule has 1 aliphatic rings. The fraction of sp³-hybridized carbons (Fsp3) is 0.455. The van der Waals surface area contributed by atoms with Crippen molar-refractivity contribution >= 4 is 15.9 Å². The van der Waals surface area contributed by atoms with E-state index < -0.39 is 21.7 Å². The number of benzene rings is 1. The van der Waals surface area contributed by atoms with Crippen molar-refractivity contribution in [1.82, 2.24) is 40.2 Å². The van der Waals surface area contributed by atoms with Crippen LogP contribution in [0.2, 0.25) is 0 Å². The summed E-state index contributed by atoms with van der Waals surface area (Å²) in [4.78, 5) is 22.7. The van der Waals surface area contributed by atoms with E-state index >= 15 is 0 Å². The molecule has 2 aromatic heterocycles. The molecule has 0 radical (unpaired) electrons. The van der Waals surface area contributed by atoms with E-state index in [0.717, 1.165) is 19.1 Å². The van der Waals surface area contributed by atoms with Crippen LogP contribution in [0, 0.1) is 18.7 Å². The van der Waals surface area contributed by atoms with E-state index in [1.54, 1.807) is 13.0 Å². The summed E-state index contributed by atoms with van der Waals surface area (Å²) in [5.74, 6) is 0.000558. The molecule has 2 atom stereocenters. The standard InChI is InChI=1S/C22H27FN8O4S/c1-13-25-18(10-19(26-13)22(32)24-11-14-5-7-17(23)20(9-14)35-2)21-27-30-31(28-21)12-15-4-6-16(8-15)29-36(3,33)34/h5,7,9-10,15-16,29H,4,6,8,11-12H2,1-3H3,(H,24,32)/t15-,16+/m0/s1. The van der Waals surface area contributed by atoms with E-state index in [-0.39, 0.29) is 35.8 Å². The minimum absolute atomic E-state index is 0.0884. The lowest BCUT2D eigenvalue weighted by Gasteiger charge is -2.11. The SMILES string of the molecule is COc1cc(CNC(=O)c2cc(-c3nnn(C[C@H]4CC[C@@H](NS(C)(=O)=O)C4)n3)nc(C)n2)ccc1F. The molecule has 0 saturated heterocycles. The molecule has 0 aliphatic heterocycles. The molecule has 1 aliphatic carbocycles. The fourth-order valence-electron chi connectivity index (χ4n) is 4.19. The Morgan fingerprint density at radius 3 is 2.81 bits per heavy atom. The van der Waals surface area contributed by atoms with Gasteiger partial charge in [-0.1, -0.05) is 6.07 Å². The van der Waals surface area contributed by atoms with Crippen LogP contribution in [-0.4, -0.2) is 63.9 Å². The van der Waals surface area contributed by atoms with Gasteiger partial charge in [0.1, 0.15) is 17.2 Å². The first-order valence-corrected chi connectivity index (χ1v) is 13.2. The Bertz CT molecular complexity index is 1360. The molecule has 2 N–H and O–H groups in total. The van der Waals surface area contributed by atoms with E-state index in [0.29, 0.717) is 30.0 Å². The third kappa shape index (κ3) is 6.57. The third-order valence-electron chi connectivity index (χ3n) is 5.76. The molecule has 36 heavy (non-hydrogen) atoms. The molecular formula is C22H27FN8O4S. The lowest BCUT2D eigenvalue weighted by atomic mass is 10.1. The number of tetrazole rings is 1. The number of ether oxygens (including phenoxy) is 1. The van der Waals surface area contributed by atoms with Gasteiger partial charge in [0.2, 0.25) is 15.8 Å². The minimum Gasteiger partial charge on any atom is -0.494 e. The molecule has 0 bridgehead atoms. The van der Waals surface area contributed by atoms with E-state index in [9.17, 15) is 17.6 Å². The Hall–Kier alpha value is -3.52. The number of halogens is 1. The number of carbonyl (C=O) groups is 1. The first-order chi connectivity index (χ1) is 17.1. The number of hydrogen-bond acceptors (Lipinski definition) is 9. The largest absolute Gasteiger partial charge is 0.494 e. The summed E-state index contributed by atoms with van der Waals surface area (Å²) in [6, 6.07) is 5.74. The predicted molar refractivity (Wildman–Crippen MR) is 127 cm³/mol. The number of carbonyl (C=O) groups excluding carboxylic acids is 1. The van der Waals surface area contributed by atoms with Crippen LogP contribution in [0.5, 0.6) is 5.75 Å². The van der Waals surface area contributed by atoms with Crippen LogP contribution in [0.1, 0.15) is 41.1 Å². The number of nitrogens with zero attached hydrogens (tertiary/aromatic N) is 6. The van der Waals surface area contributed by atoms with Gasteiger partial charge in [-0.3, -0.25) is 4.79 Å². The Morgan fingerprint density at radius 2 is 2.06 bits per heavy atom. The summed E-state index contributed by atoms with van der Waals surface area (Å²) in [7, 11) is -1.87. The van der Waals surface area contributed by atoms with Gasteiger partial charge in [0, 0.05) is 12.6 Å².